The summed E-state index contributed by atoms with van der Waals surface area (Å²) in [5.41, 5.74) is 0.498. The second-order valence-electron chi connectivity index (χ2n) is 8.66. The number of carbonyl (C=O) groups is 2. The molecular formula is C17H29NO3. The molecule has 2 N–H and O–H groups in total. The summed E-state index contributed by atoms with van der Waals surface area (Å²) in [6, 6.07) is 0.222. The first-order valence-electron chi connectivity index (χ1n) is 8.11. The lowest BCUT2D eigenvalue weighted by molar-refractivity contribution is -0.141. The molecule has 0 aromatic rings. The van der Waals surface area contributed by atoms with Gasteiger partial charge in [-0.3, -0.25) is 9.59 Å². The molecule has 2 saturated carbocycles. The van der Waals surface area contributed by atoms with Gasteiger partial charge in [0.15, 0.2) is 0 Å². The zero-order chi connectivity index (χ0) is 15.8. The van der Waals surface area contributed by atoms with Crippen LogP contribution in [0.1, 0.15) is 66.2 Å². The van der Waals surface area contributed by atoms with E-state index < -0.39 is 5.97 Å². The molecule has 2 fully saturated rings. The van der Waals surface area contributed by atoms with Crippen molar-refractivity contribution in [3.63, 3.8) is 0 Å². The fourth-order valence-corrected chi connectivity index (χ4v) is 4.71. The number of carbonyl (C=O) groups excluding carboxylic acids is 1. The molecule has 2 atom stereocenters. The van der Waals surface area contributed by atoms with E-state index in [1.165, 1.54) is 6.42 Å². The van der Waals surface area contributed by atoms with Crippen molar-refractivity contribution in [1.29, 1.82) is 0 Å². The van der Waals surface area contributed by atoms with Gasteiger partial charge in [-0.15, -0.1) is 0 Å². The number of carboxylic acids is 1. The molecular weight excluding hydrogens is 266 g/mol. The van der Waals surface area contributed by atoms with Crippen molar-refractivity contribution in [1.82, 2.24) is 5.32 Å². The Morgan fingerprint density at radius 2 is 1.52 bits per heavy atom. The fraction of sp³-hybridized carbons (Fsp3) is 0.882. The number of hydrogen-bond acceptors (Lipinski definition) is 2. The Hall–Kier alpha value is -1.06. The highest BCUT2D eigenvalue weighted by Crippen LogP contribution is 2.45. The van der Waals surface area contributed by atoms with Crippen LogP contribution in [0.3, 0.4) is 0 Å². The summed E-state index contributed by atoms with van der Waals surface area (Å²) in [7, 11) is 0. The summed E-state index contributed by atoms with van der Waals surface area (Å²) in [6.45, 7) is 9.07. The lowest BCUT2D eigenvalue weighted by Gasteiger charge is -2.45. The molecule has 0 spiro atoms. The first kappa shape index (κ1) is 16.3. The largest absolute Gasteiger partial charge is 0.481 e. The highest BCUT2D eigenvalue weighted by atomic mass is 16.4. The van der Waals surface area contributed by atoms with Crippen molar-refractivity contribution in [2.24, 2.45) is 22.7 Å². The van der Waals surface area contributed by atoms with Crippen molar-refractivity contribution < 1.29 is 14.7 Å². The molecule has 4 heteroatoms. The molecule has 4 nitrogen and oxygen atoms in total. The third-order valence-electron chi connectivity index (χ3n) is 5.05. The topological polar surface area (TPSA) is 66.4 Å². The van der Waals surface area contributed by atoms with Gasteiger partial charge < -0.3 is 10.4 Å². The summed E-state index contributed by atoms with van der Waals surface area (Å²) >= 11 is 0. The summed E-state index contributed by atoms with van der Waals surface area (Å²) < 4.78 is 0. The predicted molar refractivity (Wildman–Crippen MR) is 81.8 cm³/mol. The molecule has 0 aromatic heterocycles. The van der Waals surface area contributed by atoms with E-state index in [1.54, 1.807) is 0 Å². The lowest BCUT2D eigenvalue weighted by Crippen LogP contribution is -2.47. The van der Waals surface area contributed by atoms with Crippen LogP contribution in [0.25, 0.3) is 0 Å². The zero-order valence-electron chi connectivity index (χ0n) is 13.7. The Bertz CT molecular complexity index is 412. The Morgan fingerprint density at radius 3 is 2.00 bits per heavy atom. The number of amides is 1. The molecule has 2 rings (SSSR count). The van der Waals surface area contributed by atoms with E-state index in [4.69, 9.17) is 5.11 Å². The van der Waals surface area contributed by atoms with Gasteiger partial charge in [0, 0.05) is 12.0 Å². The monoisotopic (exact) mass is 295 g/mol. The maximum atomic E-state index is 12.4. The highest BCUT2D eigenvalue weighted by Gasteiger charge is 2.40. The molecule has 0 heterocycles. The molecule has 0 bridgehead atoms. The van der Waals surface area contributed by atoms with Crippen LogP contribution in [0.2, 0.25) is 0 Å². The quantitative estimate of drug-likeness (QED) is 0.840. The van der Waals surface area contributed by atoms with Gasteiger partial charge in [-0.05, 0) is 49.4 Å². The molecule has 0 saturated heterocycles. The van der Waals surface area contributed by atoms with Crippen LogP contribution in [0.5, 0.6) is 0 Å². The smallest absolute Gasteiger partial charge is 0.306 e. The molecule has 0 aromatic carbocycles. The van der Waals surface area contributed by atoms with Crippen LogP contribution in [-0.2, 0) is 9.59 Å². The van der Waals surface area contributed by atoms with E-state index in [1.807, 2.05) is 0 Å². The van der Waals surface area contributed by atoms with Crippen LogP contribution in [-0.4, -0.2) is 23.0 Å². The van der Waals surface area contributed by atoms with Crippen molar-refractivity contribution >= 4 is 11.9 Å². The first-order chi connectivity index (χ1) is 9.58. The maximum Gasteiger partial charge on any atom is 0.306 e. The predicted octanol–water partition coefficient (Wildman–Crippen LogP) is 3.21. The maximum absolute atomic E-state index is 12.4. The molecule has 0 radical (unpaired) electrons. The molecule has 2 aliphatic carbocycles. The summed E-state index contributed by atoms with van der Waals surface area (Å²) in [5.74, 6) is -1.14. The van der Waals surface area contributed by atoms with Crippen molar-refractivity contribution in [3.05, 3.63) is 0 Å². The zero-order valence-corrected chi connectivity index (χ0v) is 13.7. The van der Waals surface area contributed by atoms with Gasteiger partial charge in [-0.25, -0.2) is 0 Å². The normalized spacial score (nSPS) is 31.8. The third-order valence-corrected chi connectivity index (χ3v) is 5.05. The van der Waals surface area contributed by atoms with E-state index in [9.17, 15) is 9.59 Å². The van der Waals surface area contributed by atoms with E-state index in [2.05, 4.69) is 33.0 Å². The van der Waals surface area contributed by atoms with E-state index >= 15 is 0 Å². The van der Waals surface area contributed by atoms with Gasteiger partial charge in [0.1, 0.15) is 0 Å². The minimum atomic E-state index is -0.759. The minimum absolute atomic E-state index is 0.0669. The van der Waals surface area contributed by atoms with E-state index in [0.717, 1.165) is 12.8 Å². The molecule has 120 valence electrons. The van der Waals surface area contributed by atoms with Gasteiger partial charge in [-0.2, -0.15) is 0 Å². The third kappa shape index (κ3) is 4.21. The van der Waals surface area contributed by atoms with Crippen LogP contribution < -0.4 is 5.32 Å². The molecule has 21 heavy (non-hydrogen) atoms. The Morgan fingerprint density at radius 1 is 1.00 bits per heavy atom. The Labute approximate surface area is 127 Å². The van der Waals surface area contributed by atoms with Gasteiger partial charge in [-0.1, -0.05) is 27.7 Å². The lowest BCUT2D eigenvalue weighted by atomic mass is 9.63. The summed E-state index contributed by atoms with van der Waals surface area (Å²) in [5, 5.41) is 12.2. The van der Waals surface area contributed by atoms with Gasteiger partial charge in [0.05, 0.1) is 5.92 Å². The molecule has 2 aliphatic rings. The van der Waals surface area contributed by atoms with Gasteiger partial charge >= 0.3 is 5.97 Å². The SMILES string of the molecule is CC1(C)CC(NC(=O)C2CCC(C(=O)O)C2)CC(C)(C)C1. The Balaban J connectivity index is 1.92. The van der Waals surface area contributed by atoms with Crippen LogP contribution >= 0.6 is 0 Å². The second kappa shape index (κ2) is 5.62. The number of rotatable bonds is 3. The average Bonchev–Trinajstić information content (AvgIpc) is 2.72. The number of nitrogens with one attached hydrogen (secondary N) is 1. The van der Waals surface area contributed by atoms with Crippen molar-refractivity contribution in [3.8, 4) is 0 Å². The summed E-state index contributed by atoms with van der Waals surface area (Å²) in [4.78, 5) is 23.4. The number of carboxylic acid groups (broad SMARTS) is 1. The van der Waals surface area contributed by atoms with Crippen LogP contribution in [0.15, 0.2) is 0 Å². The second-order valence-corrected chi connectivity index (χ2v) is 8.66. The van der Waals surface area contributed by atoms with E-state index in [-0.39, 0.29) is 34.6 Å². The average molecular weight is 295 g/mol. The van der Waals surface area contributed by atoms with E-state index in [0.29, 0.717) is 19.3 Å². The van der Waals surface area contributed by atoms with Crippen molar-refractivity contribution in [2.45, 2.75) is 72.3 Å². The van der Waals surface area contributed by atoms with Crippen molar-refractivity contribution in [2.75, 3.05) is 0 Å². The Kier molecular flexibility index (Phi) is 4.36. The molecule has 1 amide bonds. The number of aliphatic carboxylic acids is 1. The fourth-order valence-electron chi connectivity index (χ4n) is 4.71. The number of hydrogen-bond donors (Lipinski definition) is 2. The van der Waals surface area contributed by atoms with Crippen LogP contribution in [0, 0.1) is 22.7 Å². The highest BCUT2D eigenvalue weighted by molar-refractivity contribution is 5.81. The molecule has 2 unspecified atom stereocenters. The first-order valence-corrected chi connectivity index (χ1v) is 8.11. The summed E-state index contributed by atoms with van der Waals surface area (Å²) in [6.07, 6.45) is 5.05. The minimum Gasteiger partial charge on any atom is -0.481 e. The van der Waals surface area contributed by atoms with Gasteiger partial charge in [0.25, 0.3) is 0 Å². The molecule has 0 aliphatic heterocycles. The van der Waals surface area contributed by atoms with Gasteiger partial charge in [0.2, 0.25) is 5.91 Å². The standard InChI is InChI=1S/C17H29NO3/c1-16(2)8-13(9-17(3,4)10-16)18-14(19)11-5-6-12(7-11)15(20)21/h11-13H,5-10H2,1-4H3,(H,18,19)(H,20,21). The van der Waals surface area contributed by atoms with Crippen LogP contribution in [0.4, 0.5) is 0 Å².